The summed E-state index contributed by atoms with van der Waals surface area (Å²) >= 11 is 0. The summed E-state index contributed by atoms with van der Waals surface area (Å²) in [6.45, 7) is 20.0. The van der Waals surface area contributed by atoms with Crippen molar-refractivity contribution >= 4 is 10.8 Å². The summed E-state index contributed by atoms with van der Waals surface area (Å²) in [4.78, 5) is 0. The molecule has 0 heteroatoms. The van der Waals surface area contributed by atoms with Crippen molar-refractivity contribution in [3.8, 4) is 0 Å². The van der Waals surface area contributed by atoms with Gasteiger partial charge in [-0.05, 0) is 122 Å². The summed E-state index contributed by atoms with van der Waals surface area (Å²) in [5, 5.41) is 2.86. The minimum Gasteiger partial charge on any atom is -0.0651 e. The van der Waals surface area contributed by atoms with Crippen molar-refractivity contribution in [2.45, 2.75) is 88.0 Å². The van der Waals surface area contributed by atoms with Crippen molar-refractivity contribution in [2.24, 2.45) is 0 Å². The molecular weight excluding hydrogens is 348 g/mol. The molecular formula is C29H40. The summed E-state index contributed by atoms with van der Waals surface area (Å²) in [5.41, 5.74) is 13.0. The van der Waals surface area contributed by atoms with E-state index in [1.807, 2.05) is 0 Å². The first-order valence-corrected chi connectivity index (χ1v) is 11.3. The van der Waals surface area contributed by atoms with Gasteiger partial charge in [0.1, 0.15) is 0 Å². The van der Waals surface area contributed by atoms with Crippen LogP contribution in [0.1, 0.15) is 76.8 Å². The fraction of sp³-hybridized carbons (Fsp3) is 0.448. The Balaban J connectivity index is 0.000000221. The molecule has 0 bridgehead atoms. The first-order valence-electron chi connectivity index (χ1n) is 11.3. The molecule has 0 saturated carbocycles. The molecule has 0 spiro atoms. The number of benzene rings is 3. The third-order valence-corrected chi connectivity index (χ3v) is 6.39. The SMILES string of the molecule is CCCc1cc(C)c(C)c(C)c1.CCCc1cc(C)c2c(C)c(C)c(C)cc2c1. The van der Waals surface area contributed by atoms with Crippen LogP contribution in [0.2, 0.25) is 0 Å². The van der Waals surface area contributed by atoms with Crippen LogP contribution in [0.5, 0.6) is 0 Å². The van der Waals surface area contributed by atoms with Gasteiger partial charge >= 0.3 is 0 Å². The quantitative estimate of drug-likeness (QED) is 0.420. The van der Waals surface area contributed by atoms with Crippen molar-refractivity contribution in [2.75, 3.05) is 0 Å². The Morgan fingerprint density at radius 2 is 0.931 bits per heavy atom. The average Bonchev–Trinajstić information content (AvgIpc) is 2.65. The van der Waals surface area contributed by atoms with Crippen LogP contribution in [0.4, 0.5) is 0 Å². The van der Waals surface area contributed by atoms with Crippen LogP contribution >= 0.6 is 0 Å². The van der Waals surface area contributed by atoms with E-state index in [1.54, 1.807) is 0 Å². The lowest BCUT2D eigenvalue weighted by Crippen LogP contribution is -1.93. The molecule has 0 amide bonds. The van der Waals surface area contributed by atoms with Gasteiger partial charge in [0, 0.05) is 0 Å². The van der Waals surface area contributed by atoms with Gasteiger partial charge in [-0.1, -0.05) is 57.0 Å². The Bertz CT molecular complexity index is 966. The highest BCUT2D eigenvalue weighted by atomic mass is 14.1. The Hall–Kier alpha value is -2.08. The molecule has 0 fully saturated rings. The monoisotopic (exact) mass is 388 g/mol. The highest BCUT2D eigenvalue weighted by Crippen LogP contribution is 2.29. The third-order valence-electron chi connectivity index (χ3n) is 6.39. The second-order valence-electron chi connectivity index (χ2n) is 8.81. The second kappa shape index (κ2) is 10.1. The van der Waals surface area contributed by atoms with E-state index in [-0.39, 0.29) is 0 Å². The minimum absolute atomic E-state index is 1.18. The fourth-order valence-electron chi connectivity index (χ4n) is 4.33. The summed E-state index contributed by atoms with van der Waals surface area (Å²) < 4.78 is 0. The fourth-order valence-corrected chi connectivity index (χ4v) is 4.33. The topological polar surface area (TPSA) is 0 Å². The highest BCUT2D eigenvalue weighted by Gasteiger charge is 2.07. The van der Waals surface area contributed by atoms with Gasteiger partial charge in [0.25, 0.3) is 0 Å². The van der Waals surface area contributed by atoms with Crippen molar-refractivity contribution in [1.82, 2.24) is 0 Å². The lowest BCUT2D eigenvalue weighted by molar-refractivity contribution is 0.916. The first-order chi connectivity index (χ1) is 13.7. The first kappa shape index (κ1) is 23.2. The number of rotatable bonds is 4. The molecule has 0 nitrogen and oxygen atoms in total. The molecule has 3 aromatic rings. The van der Waals surface area contributed by atoms with E-state index < -0.39 is 0 Å². The Kier molecular flexibility index (Phi) is 8.08. The average molecular weight is 389 g/mol. The van der Waals surface area contributed by atoms with Gasteiger partial charge in [0.05, 0.1) is 0 Å². The lowest BCUT2D eigenvalue weighted by Gasteiger charge is -2.13. The Morgan fingerprint density at radius 3 is 1.45 bits per heavy atom. The zero-order valence-corrected chi connectivity index (χ0v) is 20.2. The third kappa shape index (κ3) is 5.50. The summed E-state index contributed by atoms with van der Waals surface area (Å²) in [6, 6.07) is 11.7. The minimum atomic E-state index is 1.18. The van der Waals surface area contributed by atoms with Crippen LogP contribution in [-0.4, -0.2) is 0 Å². The molecule has 29 heavy (non-hydrogen) atoms. The van der Waals surface area contributed by atoms with Gasteiger partial charge in [-0.3, -0.25) is 0 Å². The standard InChI is InChI=1S/C17H22.C12H18/c1-6-7-15-8-12(3)17-14(5)13(4)11(2)9-16(17)10-15;1-5-6-12-7-9(2)11(4)10(3)8-12/h8-10H,6-7H2,1-5H3;7-8H,5-6H2,1-4H3. The van der Waals surface area contributed by atoms with Crippen LogP contribution in [0, 0.1) is 48.5 Å². The Morgan fingerprint density at radius 1 is 0.483 bits per heavy atom. The molecule has 0 N–H and O–H groups in total. The zero-order chi connectivity index (χ0) is 21.7. The summed E-state index contributed by atoms with van der Waals surface area (Å²) in [6.07, 6.45) is 4.85. The van der Waals surface area contributed by atoms with E-state index in [9.17, 15) is 0 Å². The van der Waals surface area contributed by atoms with Crippen LogP contribution in [0.25, 0.3) is 10.8 Å². The number of aryl methyl sites for hydroxylation is 7. The molecule has 0 saturated heterocycles. The van der Waals surface area contributed by atoms with Crippen LogP contribution in [0.15, 0.2) is 30.3 Å². The van der Waals surface area contributed by atoms with Gasteiger partial charge in [0.15, 0.2) is 0 Å². The molecule has 0 aromatic heterocycles. The number of fused-ring (bicyclic) bond motifs is 1. The van der Waals surface area contributed by atoms with E-state index in [0.29, 0.717) is 0 Å². The van der Waals surface area contributed by atoms with Gasteiger partial charge < -0.3 is 0 Å². The molecule has 0 aliphatic heterocycles. The van der Waals surface area contributed by atoms with E-state index in [2.05, 4.69) is 92.6 Å². The van der Waals surface area contributed by atoms with Crippen LogP contribution < -0.4 is 0 Å². The number of hydrogen-bond acceptors (Lipinski definition) is 0. The van der Waals surface area contributed by atoms with E-state index >= 15 is 0 Å². The van der Waals surface area contributed by atoms with Gasteiger partial charge in [-0.15, -0.1) is 0 Å². The molecule has 156 valence electrons. The predicted octanol–water partition coefficient (Wildman–Crippen LogP) is 8.59. The van der Waals surface area contributed by atoms with Crippen molar-refractivity contribution in [3.63, 3.8) is 0 Å². The maximum atomic E-state index is 2.37. The molecule has 0 aliphatic rings. The van der Waals surface area contributed by atoms with Gasteiger partial charge in [0.2, 0.25) is 0 Å². The normalized spacial score (nSPS) is 10.8. The lowest BCUT2D eigenvalue weighted by atomic mass is 9.91. The predicted molar refractivity (Wildman–Crippen MR) is 132 cm³/mol. The van der Waals surface area contributed by atoms with Gasteiger partial charge in [-0.2, -0.15) is 0 Å². The summed E-state index contributed by atoms with van der Waals surface area (Å²) in [7, 11) is 0. The zero-order valence-electron chi connectivity index (χ0n) is 20.2. The van der Waals surface area contributed by atoms with Crippen molar-refractivity contribution < 1.29 is 0 Å². The molecule has 0 aliphatic carbocycles. The number of hydrogen-bond donors (Lipinski definition) is 0. The van der Waals surface area contributed by atoms with Crippen molar-refractivity contribution in [3.05, 3.63) is 80.4 Å². The van der Waals surface area contributed by atoms with Crippen molar-refractivity contribution in [1.29, 1.82) is 0 Å². The van der Waals surface area contributed by atoms with Gasteiger partial charge in [-0.25, -0.2) is 0 Å². The Labute approximate surface area is 179 Å². The highest BCUT2D eigenvalue weighted by molar-refractivity contribution is 5.91. The molecule has 0 unspecified atom stereocenters. The smallest absolute Gasteiger partial charge is 0.0122 e. The molecule has 0 heterocycles. The van der Waals surface area contributed by atoms with E-state index in [0.717, 1.165) is 0 Å². The van der Waals surface area contributed by atoms with Crippen LogP contribution in [0.3, 0.4) is 0 Å². The molecule has 3 aromatic carbocycles. The summed E-state index contributed by atoms with van der Waals surface area (Å²) in [5.74, 6) is 0. The van der Waals surface area contributed by atoms with E-state index in [1.165, 1.54) is 86.5 Å². The van der Waals surface area contributed by atoms with E-state index in [4.69, 9.17) is 0 Å². The largest absolute Gasteiger partial charge is 0.0651 e. The van der Waals surface area contributed by atoms with Crippen LogP contribution in [-0.2, 0) is 12.8 Å². The molecule has 3 rings (SSSR count). The second-order valence-corrected chi connectivity index (χ2v) is 8.81. The maximum absolute atomic E-state index is 2.37. The maximum Gasteiger partial charge on any atom is -0.0122 e. The molecule has 0 radical (unpaired) electrons. The molecule has 0 atom stereocenters.